The number of halogens is 2. The van der Waals surface area contributed by atoms with Gasteiger partial charge in [0.2, 0.25) is 0 Å². The zero-order valence-electron chi connectivity index (χ0n) is 11.1. The van der Waals surface area contributed by atoms with Crippen LogP contribution in [-0.2, 0) is 4.74 Å². The van der Waals surface area contributed by atoms with Crippen molar-refractivity contribution in [1.82, 2.24) is 9.78 Å². The molecular formula is C12H11F2N3O3S. The van der Waals surface area contributed by atoms with Crippen LogP contribution < -0.4 is 5.32 Å². The molecule has 0 aliphatic rings. The van der Waals surface area contributed by atoms with E-state index in [1.807, 2.05) is 0 Å². The topological polar surface area (TPSA) is 73.2 Å². The Hall–Kier alpha value is -2.29. The summed E-state index contributed by atoms with van der Waals surface area (Å²) < 4.78 is 30.3. The largest absolute Gasteiger partial charge is 0.465 e. The number of hydrogen-bond donors (Lipinski definition) is 1. The third-order valence-electron chi connectivity index (χ3n) is 2.58. The van der Waals surface area contributed by atoms with Crippen LogP contribution in [0.25, 0.3) is 0 Å². The number of alkyl halides is 2. The Morgan fingerprint density at radius 3 is 2.81 bits per heavy atom. The first-order chi connectivity index (χ1) is 9.93. The summed E-state index contributed by atoms with van der Waals surface area (Å²) in [5.41, 5.74) is -0.122. The second kappa shape index (κ2) is 6.00. The van der Waals surface area contributed by atoms with Gasteiger partial charge in [0.25, 0.3) is 5.91 Å². The fourth-order valence-corrected chi connectivity index (χ4v) is 2.58. The van der Waals surface area contributed by atoms with Gasteiger partial charge in [-0.15, -0.1) is 11.3 Å². The normalized spacial score (nSPS) is 10.7. The number of nitrogens with one attached hydrogen (secondary N) is 1. The average molecular weight is 315 g/mol. The molecule has 21 heavy (non-hydrogen) atoms. The molecular weight excluding hydrogens is 304 g/mol. The van der Waals surface area contributed by atoms with Gasteiger partial charge in [-0.3, -0.25) is 4.79 Å². The standard InChI is InChI=1S/C12H11F2N3O3S/c1-6-5-7(11(19)20-2)10(21-6)16-9(18)8-3-4-15-17(8)12(13)14/h3-5,12H,1-2H3,(H,16,18). The van der Waals surface area contributed by atoms with Crippen LogP contribution in [0.3, 0.4) is 0 Å². The van der Waals surface area contributed by atoms with E-state index in [-0.39, 0.29) is 16.3 Å². The second-order valence-corrected chi connectivity index (χ2v) is 5.24. The number of rotatable bonds is 4. The number of esters is 1. The quantitative estimate of drug-likeness (QED) is 0.880. The van der Waals surface area contributed by atoms with Crippen LogP contribution in [0.1, 0.15) is 32.3 Å². The van der Waals surface area contributed by atoms with Gasteiger partial charge in [0.05, 0.1) is 12.7 Å². The molecule has 0 saturated heterocycles. The summed E-state index contributed by atoms with van der Waals surface area (Å²) in [5.74, 6) is -1.39. The number of amides is 1. The molecule has 2 rings (SSSR count). The van der Waals surface area contributed by atoms with Crippen molar-refractivity contribution < 1.29 is 23.1 Å². The third-order valence-corrected chi connectivity index (χ3v) is 3.54. The Kier molecular flexibility index (Phi) is 4.32. The van der Waals surface area contributed by atoms with Gasteiger partial charge >= 0.3 is 12.5 Å². The molecule has 2 aromatic rings. The molecule has 112 valence electrons. The van der Waals surface area contributed by atoms with Crippen molar-refractivity contribution in [2.75, 3.05) is 12.4 Å². The summed E-state index contributed by atoms with van der Waals surface area (Å²) in [7, 11) is 1.22. The highest BCUT2D eigenvalue weighted by Gasteiger charge is 2.22. The number of anilines is 1. The van der Waals surface area contributed by atoms with Gasteiger partial charge in [-0.1, -0.05) is 0 Å². The summed E-state index contributed by atoms with van der Waals surface area (Å²) >= 11 is 1.15. The van der Waals surface area contributed by atoms with Crippen LogP contribution in [0, 0.1) is 6.92 Å². The predicted molar refractivity (Wildman–Crippen MR) is 71.8 cm³/mol. The maximum Gasteiger partial charge on any atom is 0.340 e. The zero-order chi connectivity index (χ0) is 15.6. The van der Waals surface area contributed by atoms with E-state index in [2.05, 4.69) is 15.2 Å². The number of aromatic nitrogens is 2. The van der Waals surface area contributed by atoms with E-state index >= 15 is 0 Å². The highest BCUT2D eigenvalue weighted by atomic mass is 32.1. The van der Waals surface area contributed by atoms with Gasteiger partial charge in [0.1, 0.15) is 10.7 Å². The lowest BCUT2D eigenvalue weighted by Crippen LogP contribution is -2.19. The van der Waals surface area contributed by atoms with Crippen molar-refractivity contribution in [2.45, 2.75) is 13.5 Å². The molecule has 0 radical (unpaired) electrons. The van der Waals surface area contributed by atoms with Crippen LogP contribution in [0.4, 0.5) is 13.8 Å². The van der Waals surface area contributed by atoms with Gasteiger partial charge < -0.3 is 10.1 Å². The van der Waals surface area contributed by atoms with Crippen LogP contribution in [0.2, 0.25) is 0 Å². The van der Waals surface area contributed by atoms with E-state index in [1.165, 1.54) is 13.2 Å². The SMILES string of the molecule is COC(=O)c1cc(C)sc1NC(=O)c1ccnn1C(F)F. The molecule has 2 aromatic heterocycles. The number of carbonyl (C=O) groups excluding carboxylic acids is 2. The van der Waals surface area contributed by atoms with Crippen LogP contribution in [-0.4, -0.2) is 28.8 Å². The van der Waals surface area contributed by atoms with E-state index in [1.54, 1.807) is 13.0 Å². The Morgan fingerprint density at radius 1 is 1.48 bits per heavy atom. The van der Waals surface area contributed by atoms with Crippen molar-refractivity contribution in [2.24, 2.45) is 0 Å². The Balaban J connectivity index is 2.28. The van der Waals surface area contributed by atoms with Gasteiger partial charge in [-0.2, -0.15) is 18.6 Å². The lowest BCUT2D eigenvalue weighted by atomic mass is 10.3. The maximum atomic E-state index is 12.7. The average Bonchev–Trinajstić information content (AvgIpc) is 3.04. The van der Waals surface area contributed by atoms with E-state index in [4.69, 9.17) is 0 Å². The number of hydrogen-bond acceptors (Lipinski definition) is 5. The molecule has 0 bridgehead atoms. The summed E-state index contributed by atoms with van der Waals surface area (Å²) in [6.45, 7) is -1.18. The molecule has 0 aromatic carbocycles. The minimum atomic E-state index is -2.93. The number of carbonyl (C=O) groups is 2. The van der Waals surface area contributed by atoms with E-state index < -0.39 is 18.4 Å². The second-order valence-electron chi connectivity index (χ2n) is 3.98. The third kappa shape index (κ3) is 3.07. The minimum Gasteiger partial charge on any atom is -0.465 e. The predicted octanol–water partition coefficient (Wildman–Crippen LogP) is 2.69. The van der Waals surface area contributed by atoms with Crippen LogP contribution in [0.5, 0.6) is 0 Å². The van der Waals surface area contributed by atoms with Gasteiger partial charge in [-0.25, -0.2) is 4.79 Å². The number of ether oxygens (including phenoxy) is 1. The van der Waals surface area contributed by atoms with Crippen molar-refractivity contribution in [3.8, 4) is 0 Å². The van der Waals surface area contributed by atoms with Gasteiger partial charge in [0, 0.05) is 11.1 Å². The first-order valence-corrected chi connectivity index (χ1v) is 6.57. The molecule has 1 amide bonds. The van der Waals surface area contributed by atoms with Crippen LogP contribution in [0.15, 0.2) is 18.3 Å². The van der Waals surface area contributed by atoms with E-state index in [0.29, 0.717) is 4.68 Å². The summed E-state index contributed by atoms with van der Waals surface area (Å²) in [5, 5.41) is 6.05. The molecule has 0 saturated carbocycles. The summed E-state index contributed by atoms with van der Waals surface area (Å²) in [6.07, 6.45) is 1.10. The van der Waals surface area contributed by atoms with Gasteiger partial charge in [0.15, 0.2) is 0 Å². The Bertz CT molecular complexity index is 681. The number of thiophene rings is 1. The molecule has 9 heteroatoms. The molecule has 0 spiro atoms. The Labute approximate surface area is 122 Å². The lowest BCUT2D eigenvalue weighted by molar-refractivity contribution is 0.0520. The van der Waals surface area contributed by atoms with Crippen molar-refractivity contribution in [3.05, 3.63) is 34.5 Å². The highest BCUT2D eigenvalue weighted by Crippen LogP contribution is 2.28. The molecule has 0 aliphatic heterocycles. The van der Waals surface area contributed by atoms with Crippen LogP contribution >= 0.6 is 11.3 Å². The summed E-state index contributed by atoms with van der Waals surface area (Å²) in [6, 6.07) is 2.72. The molecule has 1 N–H and O–H groups in total. The van der Waals surface area contributed by atoms with E-state index in [9.17, 15) is 18.4 Å². The highest BCUT2D eigenvalue weighted by molar-refractivity contribution is 7.16. The number of nitrogens with zero attached hydrogens (tertiary/aromatic N) is 2. The number of aryl methyl sites for hydroxylation is 1. The first-order valence-electron chi connectivity index (χ1n) is 5.75. The molecule has 0 fully saturated rings. The smallest absolute Gasteiger partial charge is 0.340 e. The number of methoxy groups -OCH3 is 1. The van der Waals surface area contributed by atoms with Crippen molar-refractivity contribution in [3.63, 3.8) is 0 Å². The maximum absolute atomic E-state index is 12.7. The fraction of sp³-hybridized carbons (Fsp3) is 0.250. The first kappa shape index (κ1) is 15.1. The molecule has 0 atom stereocenters. The van der Waals surface area contributed by atoms with Crippen molar-refractivity contribution in [1.29, 1.82) is 0 Å². The van der Waals surface area contributed by atoms with Crippen molar-refractivity contribution >= 4 is 28.2 Å². The van der Waals surface area contributed by atoms with Gasteiger partial charge in [-0.05, 0) is 19.1 Å². The molecule has 2 heterocycles. The monoisotopic (exact) mass is 315 g/mol. The molecule has 0 unspecified atom stereocenters. The fourth-order valence-electron chi connectivity index (χ4n) is 1.69. The molecule has 0 aliphatic carbocycles. The van der Waals surface area contributed by atoms with E-state index in [0.717, 1.165) is 22.4 Å². The minimum absolute atomic E-state index is 0.177. The molecule has 6 nitrogen and oxygen atoms in total. The zero-order valence-corrected chi connectivity index (χ0v) is 11.9. The summed E-state index contributed by atoms with van der Waals surface area (Å²) in [4.78, 5) is 24.4. The lowest BCUT2D eigenvalue weighted by Gasteiger charge is -2.07. The Morgan fingerprint density at radius 2 is 2.19 bits per heavy atom.